The Bertz CT molecular complexity index is 684. The molecule has 3 aromatic rings. The molecule has 3 rings (SSSR count). The van der Waals surface area contributed by atoms with Crippen LogP contribution in [0.1, 0.15) is 0 Å². The summed E-state index contributed by atoms with van der Waals surface area (Å²) in [5, 5.41) is 5.81. The summed E-state index contributed by atoms with van der Waals surface area (Å²) in [6.45, 7) is 0. The lowest BCUT2D eigenvalue weighted by atomic mass is 10.1. The van der Waals surface area contributed by atoms with Gasteiger partial charge < -0.3 is 11.1 Å². The Balaban J connectivity index is 2.08. The Hall–Kier alpha value is -2.48. The van der Waals surface area contributed by atoms with Gasteiger partial charge in [0.15, 0.2) is 0 Å². The van der Waals surface area contributed by atoms with Crippen LogP contribution < -0.4 is 11.1 Å². The van der Waals surface area contributed by atoms with Crippen LogP contribution in [0.4, 0.5) is 17.1 Å². The van der Waals surface area contributed by atoms with E-state index in [4.69, 9.17) is 5.73 Å². The van der Waals surface area contributed by atoms with Gasteiger partial charge in [0.25, 0.3) is 0 Å². The molecule has 3 aromatic carbocycles. The fourth-order valence-electron chi connectivity index (χ4n) is 2.09. The lowest BCUT2D eigenvalue weighted by Gasteiger charge is -2.11. The van der Waals surface area contributed by atoms with Crippen LogP contribution in [-0.2, 0) is 0 Å². The summed E-state index contributed by atoms with van der Waals surface area (Å²) in [6.07, 6.45) is 0. The average Bonchev–Trinajstić information content (AvgIpc) is 2.42. The van der Waals surface area contributed by atoms with Crippen LogP contribution in [0.15, 0.2) is 66.7 Å². The van der Waals surface area contributed by atoms with Gasteiger partial charge in [0.2, 0.25) is 0 Å². The summed E-state index contributed by atoms with van der Waals surface area (Å²) >= 11 is 0. The van der Waals surface area contributed by atoms with Gasteiger partial charge in [-0.15, -0.1) is 0 Å². The first-order valence-corrected chi connectivity index (χ1v) is 5.94. The molecule has 2 heteroatoms. The van der Waals surface area contributed by atoms with Crippen LogP contribution >= 0.6 is 0 Å². The molecule has 0 atom stereocenters. The molecule has 0 aliphatic carbocycles. The molecule has 0 unspecified atom stereocenters. The van der Waals surface area contributed by atoms with Crippen molar-refractivity contribution in [3.05, 3.63) is 66.7 Å². The average molecular weight is 234 g/mol. The van der Waals surface area contributed by atoms with Crippen molar-refractivity contribution in [1.29, 1.82) is 0 Å². The van der Waals surface area contributed by atoms with Crippen LogP contribution in [0.25, 0.3) is 10.8 Å². The van der Waals surface area contributed by atoms with E-state index in [0.717, 1.165) is 17.1 Å². The van der Waals surface area contributed by atoms with E-state index in [9.17, 15) is 0 Å². The van der Waals surface area contributed by atoms with E-state index in [2.05, 4.69) is 29.6 Å². The molecular weight excluding hydrogens is 220 g/mol. The molecule has 88 valence electrons. The van der Waals surface area contributed by atoms with Crippen molar-refractivity contribution in [1.82, 2.24) is 0 Å². The number of nitrogens with two attached hydrogens (primary N) is 1. The van der Waals surface area contributed by atoms with Crippen molar-refractivity contribution in [2.45, 2.75) is 0 Å². The van der Waals surface area contributed by atoms with Crippen LogP contribution in [0.2, 0.25) is 0 Å². The third-order valence-corrected chi connectivity index (χ3v) is 3.02. The monoisotopic (exact) mass is 234 g/mol. The van der Waals surface area contributed by atoms with Crippen molar-refractivity contribution in [2.75, 3.05) is 11.1 Å². The number of nitrogen functional groups attached to an aromatic ring is 1. The Labute approximate surface area is 106 Å². The van der Waals surface area contributed by atoms with Gasteiger partial charge in [-0.2, -0.15) is 0 Å². The molecule has 0 saturated heterocycles. The maximum Gasteiger partial charge on any atom is 0.0618 e. The van der Waals surface area contributed by atoms with Gasteiger partial charge in [0.05, 0.1) is 11.4 Å². The van der Waals surface area contributed by atoms with Crippen LogP contribution in [0, 0.1) is 0 Å². The smallest absolute Gasteiger partial charge is 0.0618 e. The zero-order chi connectivity index (χ0) is 12.4. The fourth-order valence-corrected chi connectivity index (χ4v) is 2.09. The third-order valence-electron chi connectivity index (χ3n) is 3.02. The van der Waals surface area contributed by atoms with Crippen molar-refractivity contribution < 1.29 is 0 Å². The maximum atomic E-state index is 5.95. The second-order valence-electron chi connectivity index (χ2n) is 4.24. The lowest BCUT2D eigenvalue weighted by molar-refractivity contribution is 1.57. The molecule has 2 nitrogen and oxygen atoms in total. The highest BCUT2D eigenvalue weighted by Crippen LogP contribution is 2.28. The zero-order valence-electron chi connectivity index (χ0n) is 9.93. The highest BCUT2D eigenvalue weighted by atomic mass is 14.9. The molecule has 0 spiro atoms. The van der Waals surface area contributed by atoms with Crippen LogP contribution in [-0.4, -0.2) is 0 Å². The summed E-state index contributed by atoms with van der Waals surface area (Å²) in [5.74, 6) is 0. The number of hydrogen-bond acceptors (Lipinski definition) is 2. The number of hydrogen-bond donors (Lipinski definition) is 2. The van der Waals surface area contributed by atoms with E-state index in [0.29, 0.717) is 0 Å². The molecule has 0 aliphatic rings. The summed E-state index contributed by atoms with van der Waals surface area (Å²) in [6, 6.07) is 22.3. The highest BCUT2D eigenvalue weighted by Gasteiger charge is 2.02. The summed E-state index contributed by atoms with van der Waals surface area (Å²) in [4.78, 5) is 0. The van der Waals surface area contributed by atoms with E-state index in [-0.39, 0.29) is 0 Å². The van der Waals surface area contributed by atoms with Gasteiger partial charge in [0.1, 0.15) is 0 Å². The first-order valence-electron chi connectivity index (χ1n) is 5.94. The number of fused-ring (bicyclic) bond motifs is 1. The standard InChI is InChI=1S/C16H14N2/c17-14-9-3-4-10-16(14)18-15-11-5-7-12-6-1-2-8-13(12)15/h1-11,18H,17H2. The van der Waals surface area contributed by atoms with E-state index in [1.54, 1.807) is 0 Å². The van der Waals surface area contributed by atoms with Gasteiger partial charge in [-0.05, 0) is 23.6 Å². The number of nitrogens with one attached hydrogen (secondary N) is 1. The lowest BCUT2D eigenvalue weighted by Crippen LogP contribution is -1.96. The molecular formula is C16H14N2. The van der Waals surface area contributed by atoms with E-state index < -0.39 is 0 Å². The Morgan fingerprint density at radius 3 is 2.22 bits per heavy atom. The molecule has 3 N–H and O–H groups in total. The molecule has 0 radical (unpaired) electrons. The first kappa shape index (κ1) is 10.7. The molecule has 0 fully saturated rings. The minimum atomic E-state index is 0.755. The molecule has 0 aliphatic heterocycles. The first-order chi connectivity index (χ1) is 8.84. The van der Waals surface area contributed by atoms with Gasteiger partial charge in [-0.25, -0.2) is 0 Å². The van der Waals surface area contributed by atoms with Crippen LogP contribution in [0.5, 0.6) is 0 Å². The zero-order valence-corrected chi connectivity index (χ0v) is 9.93. The van der Waals surface area contributed by atoms with Gasteiger partial charge in [-0.1, -0.05) is 48.5 Å². The largest absolute Gasteiger partial charge is 0.397 e. The van der Waals surface area contributed by atoms with Gasteiger partial charge in [-0.3, -0.25) is 0 Å². The Morgan fingerprint density at radius 2 is 1.33 bits per heavy atom. The third kappa shape index (κ3) is 1.89. The highest BCUT2D eigenvalue weighted by molar-refractivity contribution is 5.96. The molecule has 0 saturated carbocycles. The van der Waals surface area contributed by atoms with Gasteiger partial charge >= 0.3 is 0 Å². The Morgan fingerprint density at radius 1 is 0.667 bits per heavy atom. The number of anilines is 3. The summed E-state index contributed by atoms with van der Waals surface area (Å²) < 4.78 is 0. The topological polar surface area (TPSA) is 38.0 Å². The second-order valence-corrected chi connectivity index (χ2v) is 4.24. The normalized spacial score (nSPS) is 10.4. The van der Waals surface area contributed by atoms with E-state index in [1.165, 1.54) is 10.8 Å². The van der Waals surface area contributed by atoms with Gasteiger partial charge in [0, 0.05) is 11.1 Å². The van der Waals surface area contributed by atoms with Crippen molar-refractivity contribution >= 4 is 27.8 Å². The van der Waals surface area contributed by atoms with Crippen molar-refractivity contribution in [3.63, 3.8) is 0 Å². The molecule has 18 heavy (non-hydrogen) atoms. The number of para-hydroxylation sites is 2. The quantitative estimate of drug-likeness (QED) is 0.653. The second kappa shape index (κ2) is 4.41. The molecule has 0 bridgehead atoms. The summed E-state index contributed by atoms with van der Waals surface area (Å²) in [7, 11) is 0. The minimum Gasteiger partial charge on any atom is -0.397 e. The van der Waals surface area contributed by atoms with Crippen molar-refractivity contribution in [3.8, 4) is 0 Å². The number of rotatable bonds is 2. The predicted octanol–water partition coefficient (Wildman–Crippen LogP) is 4.17. The van der Waals surface area contributed by atoms with E-state index >= 15 is 0 Å². The molecule has 0 amide bonds. The van der Waals surface area contributed by atoms with E-state index in [1.807, 2.05) is 42.5 Å². The minimum absolute atomic E-state index is 0.755. The fraction of sp³-hybridized carbons (Fsp3) is 0. The predicted molar refractivity (Wildman–Crippen MR) is 78.1 cm³/mol. The Kier molecular flexibility index (Phi) is 2.61. The van der Waals surface area contributed by atoms with Crippen LogP contribution in [0.3, 0.4) is 0 Å². The number of benzene rings is 3. The maximum absolute atomic E-state index is 5.95. The molecule has 0 heterocycles. The summed E-state index contributed by atoms with van der Waals surface area (Å²) in [5.41, 5.74) is 8.72. The SMILES string of the molecule is Nc1ccccc1Nc1cccc2ccccc12. The van der Waals surface area contributed by atoms with Crippen molar-refractivity contribution in [2.24, 2.45) is 0 Å². The molecule has 0 aromatic heterocycles.